The van der Waals surface area contributed by atoms with E-state index in [9.17, 15) is 19.5 Å². The zero-order valence-corrected chi connectivity index (χ0v) is 11.4. The second-order valence-corrected chi connectivity index (χ2v) is 4.72. The summed E-state index contributed by atoms with van der Waals surface area (Å²) < 4.78 is 0. The molecule has 1 saturated heterocycles. The third kappa shape index (κ3) is 3.95. The second-order valence-electron chi connectivity index (χ2n) is 4.72. The number of urea groups is 1. The lowest BCUT2D eigenvalue weighted by Gasteiger charge is -2.23. The van der Waals surface area contributed by atoms with Gasteiger partial charge in [0.05, 0.1) is 0 Å². The molecule has 7 nitrogen and oxygen atoms in total. The fourth-order valence-electron chi connectivity index (χ4n) is 2.12. The van der Waals surface area contributed by atoms with E-state index in [1.54, 1.807) is 30.3 Å². The molecule has 7 heteroatoms. The fraction of sp³-hybridized carbons (Fsp3) is 0.357. The minimum atomic E-state index is -1.13. The van der Waals surface area contributed by atoms with Crippen molar-refractivity contribution in [3.8, 4) is 0 Å². The van der Waals surface area contributed by atoms with Crippen LogP contribution in [0.3, 0.4) is 0 Å². The number of hydrogen-bond acceptors (Lipinski definition) is 3. The third-order valence-corrected chi connectivity index (χ3v) is 3.25. The Bertz CT molecular complexity index is 532. The van der Waals surface area contributed by atoms with Crippen LogP contribution in [0.15, 0.2) is 30.3 Å². The smallest absolute Gasteiger partial charge is 0.330 e. The number of aliphatic carboxylic acids is 1. The van der Waals surface area contributed by atoms with Crippen molar-refractivity contribution in [1.29, 1.82) is 0 Å². The van der Waals surface area contributed by atoms with Gasteiger partial charge in [0.2, 0.25) is 5.91 Å². The molecule has 1 atom stereocenters. The Kier molecular flexibility index (Phi) is 4.76. The molecule has 1 aliphatic heterocycles. The van der Waals surface area contributed by atoms with Gasteiger partial charge in [0.15, 0.2) is 6.04 Å². The van der Waals surface area contributed by atoms with Gasteiger partial charge in [-0.1, -0.05) is 30.3 Å². The molecular weight excluding hydrogens is 274 g/mol. The molecule has 1 heterocycles. The van der Waals surface area contributed by atoms with Crippen molar-refractivity contribution in [2.24, 2.45) is 0 Å². The summed E-state index contributed by atoms with van der Waals surface area (Å²) >= 11 is 0. The Labute approximate surface area is 121 Å². The van der Waals surface area contributed by atoms with Gasteiger partial charge < -0.3 is 20.6 Å². The number of nitrogens with one attached hydrogen (secondary N) is 2. The van der Waals surface area contributed by atoms with Crippen molar-refractivity contribution in [1.82, 2.24) is 15.5 Å². The van der Waals surface area contributed by atoms with E-state index in [4.69, 9.17) is 0 Å². The summed E-state index contributed by atoms with van der Waals surface area (Å²) in [5, 5.41) is 14.4. The molecule has 21 heavy (non-hydrogen) atoms. The van der Waals surface area contributed by atoms with Crippen molar-refractivity contribution in [3.63, 3.8) is 0 Å². The van der Waals surface area contributed by atoms with Gasteiger partial charge in [0, 0.05) is 26.1 Å². The van der Waals surface area contributed by atoms with E-state index in [2.05, 4.69) is 10.6 Å². The van der Waals surface area contributed by atoms with Crippen LogP contribution < -0.4 is 10.6 Å². The normalized spacial score (nSPS) is 16.6. The number of carbonyl (C=O) groups is 3. The minimum absolute atomic E-state index is 0.108. The summed E-state index contributed by atoms with van der Waals surface area (Å²) in [5.74, 6) is -1.23. The first-order chi connectivity index (χ1) is 10.1. The molecule has 0 aromatic heterocycles. The molecule has 1 aromatic rings. The van der Waals surface area contributed by atoms with Gasteiger partial charge in [0.25, 0.3) is 0 Å². The molecule has 3 N–H and O–H groups in total. The molecule has 1 aromatic carbocycles. The minimum Gasteiger partial charge on any atom is -0.479 e. The molecule has 112 valence electrons. The lowest BCUT2D eigenvalue weighted by atomic mass is 10.1. The highest BCUT2D eigenvalue weighted by molar-refractivity contribution is 5.84. The first-order valence-electron chi connectivity index (χ1n) is 6.68. The number of rotatable bonds is 3. The quantitative estimate of drug-likeness (QED) is 0.748. The van der Waals surface area contributed by atoms with E-state index in [-0.39, 0.29) is 18.9 Å². The highest BCUT2D eigenvalue weighted by Crippen LogP contribution is 2.13. The summed E-state index contributed by atoms with van der Waals surface area (Å²) in [6.07, 6.45) is 0.219. The number of benzene rings is 1. The average molecular weight is 291 g/mol. The summed E-state index contributed by atoms with van der Waals surface area (Å²) in [4.78, 5) is 36.2. The molecule has 0 radical (unpaired) electrons. The Hall–Kier alpha value is -2.57. The van der Waals surface area contributed by atoms with Crippen LogP contribution in [0.4, 0.5) is 4.79 Å². The largest absolute Gasteiger partial charge is 0.479 e. The third-order valence-electron chi connectivity index (χ3n) is 3.25. The molecule has 1 aliphatic rings. The Morgan fingerprint density at radius 2 is 1.95 bits per heavy atom. The average Bonchev–Trinajstić information content (AvgIpc) is 2.70. The maximum absolute atomic E-state index is 12.2. The van der Waals surface area contributed by atoms with Gasteiger partial charge in [0.1, 0.15) is 0 Å². The molecule has 0 bridgehead atoms. The van der Waals surface area contributed by atoms with Crippen molar-refractivity contribution in [3.05, 3.63) is 35.9 Å². The first-order valence-corrected chi connectivity index (χ1v) is 6.68. The zero-order valence-electron chi connectivity index (χ0n) is 11.4. The van der Waals surface area contributed by atoms with Crippen molar-refractivity contribution < 1.29 is 19.5 Å². The van der Waals surface area contributed by atoms with E-state index in [1.165, 1.54) is 4.90 Å². The molecule has 0 aliphatic carbocycles. The van der Waals surface area contributed by atoms with E-state index in [1.807, 2.05) is 0 Å². The summed E-state index contributed by atoms with van der Waals surface area (Å²) in [6, 6.07) is 6.90. The van der Waals surface area contributed by atoms with Crippen LogP contribution in [-0.4, -0.2) is 47.5 Å². The lowest BCUT2D eigenvalue weighted by Crippen LogP contribution is -2.45. The number of amides is 3. The van der Waals surface area contributed by atoms with Crippen LogP contribution in [0.5, 0.6) is 0 Å². The van der Waals surface area contributed by atoms with Crippen LogP contribution >= 0.6 is 0 Å². The van der Waals surface area contributed by atoms with Crippen molar-refractivity contribution in [2.75, 3.05) is 19.6 Å². The van der Waals surface area contributed by atoms with Crippen LogP contribution in [-0.2, 0) is 9.59 Å². The Morgan fingerprint density at radius 3 is 2.62 bits per heavy atom. The number of carboxylic acids is 1. The number of nitrogens with zero attached hydrogens (tertiary/aromatic N) is 1. The summed E-state index contributed by atoms with van der Waals surface area (Å²) in [5.41, 5.74) is 0.502. The molecular formula is C14H17N3O4. The molecule has 0 unspecified atom stereocenters. The van der Waals surface area contributed by atoms with Crippen molar-refractivity contribution in [2.45, 2.75) is 12.5 Å². The standard InChI is InChI=1S/C14H17N3O4/c18-11-6-8-17(9-7-15-11)14(21)16-12(13(19)20)10-4-2-1-3-5-10/h1-5,12H,6-9H2,(H,15,18)(H,16,21)(H,19,20)/t12-/m1/s1. The van der Waals surface area contributed by atoms with E-state index in [0.29, 0.717) is 18.7 Å². The number of carboxylic acid groups (broad SMARTS) is 1. The predicted molar refractivity (Wildman–Crippen MR) is 74.6 cm³/mol. The van der Waals surface area contributed by atoms with Crippen molar-refractivity contribution >= 4 is 17.9 Å². The van der Waals surface area contributed by atoms with Crippen LogP contribution in [0.25, 0.3) is 0 Å². The van der Waals surface area contributed by atoms with Gasteiger partial charge in [-0.05, 0) is 5.56 Å². The van der Waals surface area contributed by atoms with Crippen LogP contribution in [0.1, 0.15) is 18.0 Å². The molecule has 3 amide bonds. The van der Waals surface area contributed by atoms with Gasteiger partial charge >= 0.3 is 12.0 Å². The number of carbonyl (C=O) groups excluding carboxylic acids is 2. The molecule has 1 fully saturated rings. The Balaban J connectivity index is 2.05. The lowest BCUT2D eigenvalue weighted by molar-refractivity contribution is -0.139. The van der Waals surface area contributed by atoms with Gasteiger partial charge in [-0.25, -0.2) is 9.59 Å². The molecule has 2 rings (SSSR count). The van der Waals surface area contributed by atoms with Gasteiger partial charge in [-0.3, -0.25) is 4.79 Å². The maximum Gasteiger partial charge on any atom is 0.330 e. The van der Waals surface area contributed by atoms with Crippen LogP contribution in [0, 0.1) is 0 Å². The van der Waals surface area contributed by atoms with E-state index in [0.717, 1.165) is 0 Å². The summed E-state index contributed by atoms with van der Waals surface area (Å²) in [7, 11) is 0. The van der Waals surface area contributed by atoms with Gasteiger partial charge in [-0.2, -0.15) is 0 Å². The highest BCUT2D eigenvalue weighted by atomic mass is 16.4. The monoisotopic (exact) mass is 291 g/mol. The topological polar surface area (TPSA) is 98.7 Å². The molecule has 0 spiro atoms. The second kappa shape index (κ2) is 6.74. The SMILES string of the molecule is O=C1CCN(C(=O)N[C@@H](C(=O)O)c2ccccc2)CCN1. The summed E-state index contributed by atoms with van der Waals surface area (Å²) in [6.45, 7) is 1.01. The predicted octanol–water partition coefficient (Wildman–Crippen LogP) is 0.344. The van der Waals surface area contributed by atoms with E-state index >= 15 is 0 Å². The van der Waals surface area contributed by atoms with Gasteiger partial charge in [-0.15, -0.1) is 0 Å². The Morgan fingerprint density at radius 1 is 1.24 bits per heavy atom. The first kappa shape index (κ1) is 14.8. The highest BCUT2D eigenvalue weighted by Gasteiger charge is 2.25. The maximum atomic E-state index is 12.2. The van der Waals surface area contributed by atoms with Crippen LogP contribution in [0.2, 0.25) is 0 Å². The molecule has 0 saturated carbocycles. The zero-order chi connectivity index (χ0) is 15.2. The van der Waals surface area contributed by atoms with E-state index < -0.39 is 18.0 Å². The fourth-order valence-corrected chi connectivity index (χ4v) is 2.12. The number of hydrogen-bond donors (Lipinski definition) is 3.